The lowest BCUT2D eigenvalue weighted by molar-refractivity contribution is 0.0598. The minimum absolute atomic E-state index is 0.177. The smallest absolute Gasteiger partial charge is 0.341 e. The van der Waals surface area contributed by atoms with E-state index in [1.165, 1.54) is 18.3 Å². The Bertz CT molecular complexity index is 956. The number of amides is 1. The van der Waals surface area contributed by atoms with Gasteiger partial charge in [0.2, 0.25) is 0 Å². The number of ether oxygens (including phenoxy) is 2. The van der Waals surface area contributed by atoms with Gasteiger partial charge in [0.15, 0.2) is 5.76 Å². The predicted octanol–water partition coefficient (Wildman–Crippen LogP) is 3.82. The zero-order valence-electron chi connectivity index (χ0n) is 15.9. The van der Waals surface area contributed by atoms with E-state index in [1.807, 2.05) is 30.3 Å². The second kappa shape index (κ2) is 8.47. The van der Waals surface area contributed by atoms with Gasteiger partial charge in [-0.3, -0.25) is 4.79 Å². The van der Waals surface area contributed by atoms with Crippen LogP contribution in [0.1, 0.15) is 38.0 Å². The molecule has 0 atom stereocenters. The van der Waals surface area contributed by atoms with Crippen LogP contribution in [0.25, 0.3) is 0 Å². The van der Waals surface area contributed by atoms with Gasteiger partial charge in [-0.1, -0.05) is 18.2 Å². The number of benzene rings is 1. The van der Waals surface area contributed by atoms with Crippen LogP contribution in [-0.4, -0.2) is 30.9 Å². The van der Waals surface area contributed by atoms with Crippen LogP contribution in [0.4, 0.5) is 0 Å². The summed E-state index contributed by atoms with van der Waals surface area (Å²) in [5.41, 5.74) is 0.986. The second-order valence-electron chi connectivity index (χ2n) is 6.21. The first-order valence-electron chi connectivity index (χ1n) is 8.67. The fourth-order valence-corrected chi connectivity index (χ4v) is 2.73. The quantitative estimate of drug-likeness (QED) is 0.577. The average molecular weight is 383 g/mol. The molecule has 146 valence electrons. The molecular weight excluding hydrogens is 362 g/mol. The molecule has 0 unspecified atom stereocenters. The summed E-state index contributed by atoms with van der Waals surface area (Å²) in [6.07, 6.45) is 1.46. The molecule has 1 aromatic carbocycles. The van der Waals surface area contributed by atoms with Gasteiger partial charge in [0, 0.05) is 12.6 Å². The molecule has 2 heterocycles. The number of para-hydroxylation sites is 1. The lowest BCUT2D eigenvalue weighted by atomic mass is 10.2. The van der Waals surface area contributed by atoms with E-state index in [0.717, 1.165) is 0 Å². The Labute approximate surface area is 162 Å². The second-order valence-corrected chi connectivity index (χ2v) is 6.21. The van der Waals surface area contributed by atoms with Gasteiger partial charge < -0.3 is 23.2 Å². The number of hydrogen-bond donors (Lipinski definition) is 0. The molecule has 28 heavy (non-hydrogen) atoms. The summed E-state index contributed by atoms with van der Waals surface area (Å²) >= 11 is 0. The van der Waals surface area contributed by atoms with Crippen LogP contribution in [0.3, 0.4) is 0 Å². The Balaban J connectivity index is 1.67. The zero-order valence-corrected chi connectivity index (χ0v) is 15.9. The van der Waals surface area contributed by atoms with Gasteiger partial charge in [-0.25, -0.2) is 4.79 Å². The molecular formula is C21H21NO6. The standard InChI is InChI=1S/C21H21NO6/c1-14-18(21(24)25-3)11-17(28-14)12-22(2)20(23)19-15(9-10-26-19)13-27-16-7-5-4-6-8-16/h4-11H,12-13H2,1-3H3. The minimum Gasteiger partial charge on any atom is -0.489 e. The van der Waals surface area contributed by atoms with E-state index in [2.05, 4.69) is 0 Å². The number of rotatable bonds is 7. The molecule has 3 rings (SSSR count). The summed E-state index contributed by atoms with van der Waals surface area (Å²) in [5.74, 6) is 1.03. The Morgan fingerprint density at radius 3 is 2.61 bits per heavy atom. The maximum atomic E-state index is 12.8. The highest BCUT2D eigenvalue weighted by atomic mass is 16.5. The van der Waals surface area contributed by atoms with Gasteiger partial charge in [-0.15, -0.1) is 0 Å². The number of nitrogens with zero attached hydrogens (tertiary/aromatic N) is 1. The number of carbonyl (C=O) groups is 2. The van der Waals surface area contributed by atoms with E-state index in [1.54, 1.807) is 26.1 Å². The van der Waals surface area contributed by atoms with Gasteiger partial charge in [0.05, 0.1) is 19.9 Å². The van der Waals surface area contributed by atoms with Gasteiger partial charge in [0.1, 0.15) is 29.4 Å². The average Bonchev–Trinajstić information content (AvgIpc) is 3.32. The van der Waals surface area contributed by atoms with E-state index in [0.29, 0.717) is 28.4 Å². The first-order chi connectivity index (χ1) is 13.5. The Hall–Kier alpha value is -3.48. The van der Waals surface area contributed by atoms with Crippen molar-refractivity contribution in [2.45, 2.75) is 20.1 Å². The molecule has 7 heteroatoms. The van der Waals surface area contributed by atoms with E-state index < -0.39 is 5.97 Å². The highest BCUT2D eigenvalue weighted by Gasteiger charge is 2.22. The lowest BCUT2D eigenvalue weighted by Gasteiger charge is -2.15. The number of methoxy groups -OCH3 is 1. The molecule has 7 nitrogen and oxygen atoms in total. The third kappa shape index (κ3) is 4.25. The molecule has 0 aliphatic heterocycles. The largest absolute Gasteiger partial charge is 0.489 e. The summed E-state index contributed by atoms with van der Waals surface area (Å²) in [6, 6.07) is 12.6. The van der Waals surface area contributed by atoms with Crippen LogP contribution < -0.4 is 4.74 Å². The molecule has 0 saturated heterocycles. The Morgan fingerprint density at radius 1 is 1.14 bits per heavy atom. The maximum absolute atomic E-state index is 12.8. The van der Waals surface area contributed by atoms with Crippen LogP contribution in [0, 0.1) is 6.92 Å². The van der Waals surface area contributed by atoms with Crippen LogP contribution in [0.5, 0.6) is 5.75 Å². The van der Waals surface area contributed by atoms with E-state index in [4.69, 9.17) is 18.3 Å². The summed E-state index contributed by atoms with van der Waals surface area (Å²) < 4.78 is 21.4. The number of hydrogen-bond acceptors (Lipinski definition) is 6. The zero-order chi connectivity index (χ0) is 20.1. The van der Waals surface area contributed by atoms with Crippen molar-refractivity contribution in [3.8, 4) is 5.75 Å². The number of aryl methyl sites for hydroxylation is 1. The monoisotopic (exact) mass is 383 g/mol. The summed E-state index contributed by atoms with van der Waals surface area (Å²) in [7, 11) is 2.93. The molecule has 3 aromatic rings. The van der Waals surface area contributed by atoms with Crippen molar-refractivity contribution in [1.29, 1.82) is 0 Å². The molecule has 0 N–H and O–H groups in total. The van der Waals surface area contributed by atoms with Crippen molar-refractivity contribution in [2.24, 2.45) is 0 Å². The van der Waals surface area contributed by atoms with Crippen LogP contribution in [0.2, 0.25) is 0 Å². The summed E-state index contributed by atoms with van der Waals surface area (Å²) in [4.78, 5) is 25.9. The Kier molecular flexibility index (Phi) is 5.84. The van der Waals surface area contributed by atoms with Gasteiger partial charge >= 0.3 is 5.97 Å². The molecule has 0 radical (unpaired) electrons. The Morgan fingerprint density at radius 2 is 1.89 bits per heavy atom. The van der Waals surface area contributed by atoms with E-state index in [9.17, 15) is 9.59 Å². The third-order valence-electron chi connectivity index (χ3n) is 4.19. The predicted molar refractivity (Wildman–Crippen MR) is 100 cm³/mol. The lowest BCUT2D eigenvalue weighted by Crippen LogP contribution is -2.26. The molecule has 2 aromatic heterocycles. The SMILES string of the molecule is COC(=O)c1cc(CN(C)C(=O)c2occc2COc2ccccc2)oc1C. The molecule has 0 bridgehead atoms. The van der Waals surface area contributed by atoms with E-state index in [-0.39, 0.29) is 24.8 Å². The van der Waals surface area contributed by atoms with Crippen molar-refractivity contribution < 1.29 is 27.9 Å². The molecule has 1 amide bonds. The molecule has 0 aliphatic rings. The van der Waals surface area contributed by atoms with Crippen molar-refractivity contribution >= 4 is 11.9 Å². The minimum atomic E-state index is -0.479. The highest BCUT2D eigenvalue weighted by Crippen LogP contribution is 2.20. The van der Waals surface area contributed by atoms with Gasteiger partial charge in [-0.05, 0) is 31.2 Å². The normalized spacial score (nSPS) is 10.5. The topological polar surface area (TPSA) is 82.1 Å². The van der Waals surface area contributed by atoms with Crippen LogP contribution >= 0.6 is 0 Å². The van der Waals surface area contributed by atoms with Crippen molar-refractivity contribution in [1.82, 2.24) is 4.90 Å². The van der Waals surface area contributed by atoms with Gasteiger partial charge in [0.25, 0.3) is 5.91 Å². The highest BCUT2D eigenvalue weighted by molar-refractivity contribution is 5.93. The molecule has 0 fully saturated rings. The number of esters is 1. The fourth-order valence-electron chi connectivity index (χ4n) is 2.73. The van der Waals surface area contributed by atoms with Crippen molar-refractivity contribution in [2.75, 3.05) is 14.2 Å². The molecule has 0 spiro atoms. The third-order valence-corrected chi connectivity index (χ3v) is 4.19. The fraction of sp³-hybridized carbons (Fsp3) is 0.238. The maximum Gasteiger partial charge on any atom is 0.341 e. The molecule has 0 saturated carbocycles. The first-order valence-corrected chi connectivity index (χ1v) is 8.67. The van der Waals surface area contributed by atoms with Crippen LogP contribution in [-0.2, 0) is 17.9 Å². The first kappa shape index (κ1) is 19.3. The summed E-state index contributed by atoms with van der Waals surface area (Å²) in [6.45, 7) is 2.06. The van der Waals surface area contributed by atoms with Crippen molar-refractivity contribution in [3.05, 3.63) is 77.1 Å². The molecule has 0 aliphatic carbocycles. The van der Waals surface area contributed by atoms with E-state index >= 15 is 0 Å². The van der Waals surface area contributed by atoms with Gasteiger partial charge in [-0.2, -0.15) is 0 Å². The van der Waals surface area contributed by atoms with Crippen molar-refractivity contribution in [3.63, 3.8) is 0 Å². The number of furan rings is 2. The van der Waals surface area contributed by atoms with Crippen LogP contribution in [0.15, 0.2) is 57.6 Å². The number of carbonyl (C=O) groups excluding carboxylic acids is 2. The summed E-state index contributed by atoms with van der Waals surface area (Å²) in [5, 5.41) is 0.